The SMILES string of the molecule is N#Cc1cc(CSc2ccc(Br)c(C(=O)O)c2)ccn1. The third kappa shape index (κ3) is 3.59. The van der Waals surface area contributed by atoms with Gasteiger partial charge in [-0.1, -0.05) is 0 Å². The molecule has 20 heavy (non-hydrogen) atoms. The Morgan fingerprint density at radius 2 is 2.20 bits per heavy atom. The highest BCUT2D eigenvalue weighted by Crippen LogP contribution is 2.27. The standard InChI is InChI=1S/C14H9BrN2O2S/c15-13-2-1-11(6-12(13)14(18)19)20-8-9-3-4-17-10(5-9)7-16/h1-6H,8H2,(H,18,19). The molecule has 1 heterocycles. The number of hydrogen-bond donors (Lipinski definition) is 1. The first kappa shape index (κ1) is 14.6. The summed E-state index contributed by atoms with van der Waals surface area (Å²) in [4.78, 5) is 15.8. The van der Waals surface area contributed by atoms with E-state index in [1.807, 2.05) is 18.2 Å². The molecular weight excluding hydrogens is 340 g/mol. The fourth-order valence-corrected chi connectivity index (χ4v) is 2.84. The summed E-state index contributed by atoms with van der Waals surface area (Å²) >= 11 is 4.72. The van der Waals surface area contributed by atoms with Gasteiger partial charge in [-0.05, 0) is 51.8 Å². The van der Waals surface area contributed by atoms with E-state index in [2.05, 4.69) is 20.9 Å². The van der Waals surface area contributed by atoms with Crippen molar-refractivity contribution in [3.63, 3.8) is 0 Å². The van der Waals surface area contributed by atoms with Crippen LogP contribution in [0.2, 0.25) is 0 Å². The van der Waals surface area contributed by atoms with E-state index >= 15 is 0 Å². The van der Waals surface area contributed by atoms with Crippen LogP contribution >= 0.6 is 27.7 Å². The van der Waals surface area contributed by atoms with Gasteiger partial charge in [0.2, 0.25) is 0 Å². The molecule has 2 rings (SSSR count). The molecule has 100 valence electrons. The average Bonchev–Trinajstić information content (AvgIpc) is 2.46. The van der Waals surface area contributed by atoms with E-state index in [1.54, 1.807) is 24.4 Å². The molecule has 0 saturated heterocycles. The van der Waals surface area contributed by atoms with E-state index in [1.165, 1.54) is 11.8 Å². The Morgan fingerprint density at radius 1 is 1.40 bits per heavy atom. The van der Waals surface area contributed by atoms with Crippen molar-refractivity contribution in [1.29, 1.82) is 5.26 Å². The molecule has 4 nitrogen and oxygen atoms in total. The largest absolute Gasteiger partial charge is 0.478 e. The van der Waals surface area contributed by atoms with Crippen LogP contribution < -0.4 is 0 Å². The topological polar surface area (TPSA) is 74.0 Å². The molecule has 0 atom stereocenters. The van der Waals surface area contributed by atoms with Gasteiger partial charge in [0, 0.05) is 21.3 Å². The molecule has 0 unspecified atom stereocenters. The van der Waals surface area contributed by atoms with Crippen LogP contribution in [0.3, 0.4) is 0 Å². The molecule has 0 aliphatic rings. The van der Waals surface area contributed by atoms with Gasteiger partial charge in [-0.3, -0.25) is 0 Å². The number of pyridine rings is 1. The minimum absolute atomic E-state index is 0.238. The third-order valence-electron chi connectivity index (χ3n) is 2.51. The molecule has 2 aromatic rings. The van der Waals surface area contributed by atoms with Crippen molar-refractivity contribution in [3.8, 4) is 6.07 Å². The fraction of sp³-hybridized carbons (Fsp3) is 0.0714. The number of benzene rings is 1. The summed E-state index contributed by atoms with van der Waals surface area (Å²) in [7, 11) is 0. The molecule has 0 aliphatic carbocycles. The minimum atomic E-state index is -0.963. The molecule has 1 aromatic carbocycles. The summed E-state index contributed by atoms with van der Waals surface area (Å²) in [6.45, 7) is 0. The molecule has 0 amide bonds. The highest BCUT2D eigenvalue weighted by atomic mass is 79.9. The van der Waals surface area contributed by atoms with Crippen LogP contribution in [-0.2, 0) is 5.75 Å². The average molecular weight is 349 g/mol. The first-order valence-electron chi connectivity index (χ1n) is 5.61. The summed E-state index contributed by atoms with van der Waals surface area (Å²) in [5.74, 6) is -0.312. The summed E-state index contributed by atoms with van der Waals surface area (Å²) in [5, 5.41) is 17.8. The van der Waals surface area contributed by atoms with Crippen molar-refractivity contribution in [2.45, 2.75) is 10.6 Å². The van der Waals surface area contributed by atoms with E-state index in [9.17, 15) is 4.79 Å². The lowest BCUT2D eigenvalue weighted by Crippen LogP contribution is -1.97. The molecule has 0 aliphatic heterocycles. The first-order chi connectivity index (χ1) is 9.60. The number of rotatable bonds is 4. The predicted molar refractivity (Wildman–Crippen MR) is 79.6 cm³/mol. The smallest absolute Gasteiger partial charge is 0.336 e. The summed E-state index contributed by atoms with van der Waals surface area (Å²) in [6.07, 6.45) is 1.60. The zero-order chi connectivity index (χ0) is 14.5. The summed E-state index contributed by atoms with van der Waals surface area (Å²) in [6, 6.07) is 10.8. The summed E-state index contributed by atoms with van der Waals surface area (Å²) < 4.78 is 0.560. The number of nitrogens with zero attached hydrogens (tertiary/aromatic N) is 2. The monoisotopic (exact) mass is 348 g/mol. The van der Waals surface area contributed by atoms with E-state index < -0.39 is 5.97 Å². The van der Waals surface area contributed by atoms with E-state index in [-0.39, 0.29) is 5.56 Å². The van der Waals surface area contributed by atoms with Gasteiger partial charge >= 0.3 is 5.97 Å². The Balaban J connectivity index is 2.13. The van der Waals surface area contributed by atoms with Gasteiger partial charge in [0.25, 0.3) is 0 Å². The number of carbonyl (C=O) groups is 1. The lowest BCUT2D eigenvalue weighted by Gasteiger charge is -2.05. The van der Waals surface area contributed by atoms with Crippen LogP contribution in [0, 0.1) is 11.3 Å². The zero-order valence-corrected chi connectivity index (χ0v) is 12.6. The molecular formula is C14H9BrN2O2S. The lowest BCUT2D eigenvalue weighted by molar-refractivity contribution is 0.0695. The molecule has 0 bridgehead atoms. The van der Waals surface area contributed by atoms with E-state index in [4.69, 9.17) is 10.4 Å². The van der Waals surface area contributed by atoms with Gasteiger partial charge in [-0.25, -0.2) is 9.78 Å². The Labute approximate surface area is 128 Å². The highest BCUT2D eigenvalue weighted by Gasteiger charge is 2.09. The number of nitriles is 1. The van der Waals surface area contributed by atoms with Crippen molar-refractivity contribution >= 4 is 33.7 Å². The Morgan fingerprint density at radius 3 is 2.90 bits per heavy atom. The fourth-order valence-electron chi connectivity index (χ4n) is 1.55. The number of aromatic carboxylic acids is 1. The van der Waals surface area contributed by atoms with Gasteiger partial charge in [0.15, 0.2) is 0 Å². The summed E-state index contributed by atoms with van der Waals surface area (Å²) in [5.41, 5.74) is 1.59. The van der Waals surface area contributed by atoms with Crippen molar-refractivity contribution in [3.05, 3.63) is 57.8 Å². The van der Waals surface area contributed by atoms with Crippen LogP contribution in [0.15, 0.2) is 45.9 Å². The maximum Gasteiger partial charge on any atom is 0.336 e. The number of aromatic nitrogens is 1. The second-order valence-electron chi connectivity index (χ2n) is 3.90. The van der Waals surface area contributed by atoms with Gasteiger partial charge in [0.1, 0.15) is 11.8 Å². The van der Waals surface area contributed by atoms with Crippen molar-refractivity contribution in [2.24, 2.45) is 0 Å². The minimum Gasteiger partial charge on any atom is -0.478 e. The van der Waals surface area contributed by atoms with Gasteiger partial charge in [0.05, 0.1) is 5.56 Å². The maximum atomic E-state index is 11.0. The second kappa shape index (κ2) is 6.55. The number of halogens is 1. The van der Waals surface area contributed by atoms with Gasteiger partial charge in [-0.2, -0.15) is 5.26 Å². The quantitative estimate of drug-likeness (QED) is 0.852. The Kier molecular flexibility index (Phi) is 4.77. The van der Waals surface area contributed by atoms with Crippen molar-refractivity contribution in [1.82, 2.24) is 4.98 Å². The molecule has 0 fully saturated rings. The Hall–Kier alpha value is -1.84. The van der Waals surface area contributed by atoms with Crippen molar-refractivity contribution < 1.29 is 9.90 Å². The normalized spacial score (nSPS) is 10.0. The third-order valence-corrected chi connectivity index (χ3v) is 4.27. The Bertz CT molecular complexity index is 698. The molecule has 0 saturated carbocycles. The van der Waals surface area contributed by atoms with Crippen LogP contribution in [0.1, 0.15) is 21.6 Å². The number of carboxylic acid groups (broad SMARTS) is 1. The van der Waals surface area contributed by atoms with Crippen LogP contribution in [0.5, 0.6) is 0 Å². The number of thioether (sulfide) groups is 1. The van der Waals surface area contributed by atoms with Crippen molar-refractivity contribution in [2.75, 3.05) is 0 Å². The number of carboxylic acids is 1. The van der Waals surface area contributed by atoms with E-state index in [0.717, 1.165) is 10.5 Å². The predicted octanol–water partition coefficient (Wildman–Crippen LogP) is 3.71. The van der Waals surface area contributed by atoms with Crippen LogP contribution in [0.4, 0.5) is 0 Å². The highest BCUT2D eigenvalue weighted by molar-refractivity contribution is 9.10. The second-order valence-corrected chi connectivity index (χ2v) is 5.80. The molecule has 0 spiro atoms. The maximum absolute atomic E-state index is 11.0. The molecule has 6 heteroatoms. The zero-order valence-electron chi connectivity index (χ0n) is 10.2. The van der Waals surface area contributed by atoms with Crippen LogP contribution in [0.25, 0.3) is 0 Å². The first-order valence-corrected chi connectivity index (χ1v) is 7.38. The van der Waals surface area contributed by atoms with Gasteiger partial charge < -0.3 is 5.11 Å². The molecule has 1 N–H and O–H groups in total. The van der Waals surface area contributed by atoms with Crippen LogP contribution in [-0.4, -0.2) is 16.1 Å². The molecule has 0 radical (unpaired) electrons. The van der Waals surface area contributed by atoms with E-state index in [0.29, 0.717) is 15.9 Å². The lowest BCUT2D eigenvalue weighted by atomic mass is 10.2. The molecule has 1 aromatic heterocycles. The van der Waals surface area contributed by atoms with Gasteiger partial charge in [-0.15, -0.1) is 11.8 Å². The number of hydrogen-bond acceptors (Lipinski definition) is 4.